The van der Waals surface area contributed by atoms with Crippen LogP contribution >= 0.6 is 0 Å². The zero-order chi connectivity index (χ0) is 20.2. The Morgan fingerprint density at radius 3 is 2.48 bits per heavy atom. The molecular weight excluding hydrogens is 376 g/mol. The van der Waals surface area contributed by atoms with Crippen molar-refractivity contribution in [3.05, 3.63) is 29.3 Å². The number of benzene rings is 1. The molecule has 0 saturated carbocycles. The van der Waals surface area contributed by atoms with Crippen LogP contribution in [0.1, 0.15) is 29.8 Å². The van der Waals surface area contributed by atoms with Crippen LogP contribution in [0.3, 0.4) is 0 Å². The molecule has 148 valence electrons. The number of hydrogen-bond acceptors (Lipinski definition) is 7. The molecule has 0 bridgehead atoms. The minimum Gasteiger partial charge on any atom is -0.452 e. The van der Waals surface area contributed by atoms with Gasteiger partial charge in [-0.15, -0.1) is 0 Å². The van der Waals surface area contributed by atoms with Crippen molar-refractivity contribution >= 4 is 28.0 Å². The fourth-order valence-corrected chi connectivity index (χ4v) is 4.08. The van der Waals surface area contributed by atoms with E-state index in [0.29, 0.717) is 18.7 Å². The number of imide groups is 1. The largest absolute Gasteiger partial charge is 0.452 e. The highest BCUT2D eigenvalue weighted by Crippen LogP contribution is 2.20. The van der Waals surface area contributed by atoms with Crippen molar-refractivity contribution in [2.45, 2.75) is 25.7 Å². The summed E-state index contributed by atoms with van der Waals surface area (Å²) in [4.78, 5) is 36.4. The number of aryl methyl sites for hydroxylation is 1. The van der Waals surface area contributed by atoms with Crippen molar-refractivity contribution in [2.24, 2.45) is 0 Å². The Bertz CT molecular complexity index is 847. The molecule has 0 unspecified atom stereocenters. The zero-order valence-electron chi connectivity index (χ0n) is 15.4. The Labute approximate surface area is 157 Å². The predicted molar refractivity (Wildman–Crippen MR) is 94.6 cm³/mol. The highest BCUT2D eigenvalue weighted by Gasteiger charge is 2.29. The van der Waals surface area contributed by atoms with Gasteiger partial charge in [0.1, 0.15) is 6.61 Å². The smallest absolute Gasteiger partial charge is 0.416 e. The lowest BCUT2D eigenvalue weighted by atomic mass is 10.1. The maximum Gasteiger partial charge on any atom is 0.416 e. The lowest BCUT2D eigenvalue weighted by Crippen LogP contribution is -2.35. The summed E-state index contributed by atoms with van der Waals surface area (Å²) in [7, 11) is -3.74. The second kappa shape index (κ2) is 8.49. The lowest BCUT2D eigenvalue weighted by Gasteiger charge is -2.19. The van der Waals surface area contributed by atoms with Gasteiger partial charge in [-0.3, -0.25) is 4.79 Å². The second-order valence-corrected chi connectivity index (χ2v) is 7.74. The molecule has 10 heteroatoms. The molecule has 1 aromatic carbocycles. The number of carbonyl (C=O) groups excluding carboxylic acids is 3. The van der Waals surface area contributed by atoms with E-state index in [1.54, 1.807) is 20.8 Å². The average Bonchev–Trinajstić information content (AvgIpc) is 3.06. The minimum atomic E-state index is -3.74. The Morgan fingerprint density at radius 1 is 1.26 bits per heavy atom. The molecular formula is C17H22N2O7S. The number of ether oxygens (including phenoxy) is 2. The standard InChI is InChI=1S/C17H22N2O7S/c1-4-18(5-2)27(23,24)13-7-6-12(3)14(10-13)16(21)26-11-15(20)19-8-9-25-17(19)22/h6-7,10H,4-5,8-9,11H2,1-3H3. The van der Waals surface area contributed by atoms with Gasteiger partial charge >= 0.3 is 12.1 Å². The summed E-state index contributed by atoms with van der Waals surface area (Å²) in [6, 6.07) is 4.16. The van der Waals surface area contributed by atoms with E-state index < -0.39 is 34.6 Å². The number of cyclic esters (lactones) is 1. The Balaban J connectivity index is 2.16. The molecule has 0 N–H and O–H groups in total. The molecule has 1 fully saturated rings. The molecule has 2 amide bonds. The number of sulfonamides is 1. The third kappa shape index (κ3) is 4.45. The summed E-state index contributed by atoms with van der Waals surface area (Å²) < 4.78 is 36.1. The summed E-state index contributed by atoms with van der Waals surface area (Å²) in [6.45, 7) is 5.23. The summed E-state index contributed by atoms with van der Waals surface area (Å²) in [6.07, 6.45) is -0.778. The monoisotopic (exact) mass is 398 g/mol. The first-order valence-corrected chi connectivity index (χ1v) is 9.91. The van der Waals surface area contributed by atoms with Gasteiger partial charge in [-0.1, -0.05) is 19.9 Å². The van der Waals surface area contributed by atoms with E-state index in [2.05, 4.69) is 4.74 Å². The molecule has 0 aliphatic carbocycles. The molecule has 0 spiro atoms. The Kier molecular flexibility index (Phi) is 6.55. The van der Waals surface area contributed by atoms with Gasteiger partial charge in [0.15, 0.2) is 6.61 Å². The van der Waals surface area contributed by atoms with Gasteiger partial charge in [0.2, 0.25) is 10.0 Å². The first kappa shape index (κ1) is 20.8. The van der Waals surface area contributed by atoms with Crippen molar-refractivity contribution in [2.75, 3.05) is 32.8 Å². The van der Waals surface area contributed by atoms with Crippen molar-refractivity contribution in [3.63, 3.8) is 0 Å². The second-order valence-electron chi connectivity index (χ2n) is 5.80. The maximum atomic E-state index is 12.6. The van der Waals surface area contributed by atoms with E-state index in [1.165, 1.54) is 22.5 Å². The number of amides is 2. The van der Waals surface area contributed by atoms with Crippen LogP contribution in [0, 0.1) is 6.92 Å². The van der Waals surface area contributed by atoms with Gasteiger partial charge in [0.05, 0.1) is 17.0 Å². The highest BCUT2D eigenvalue weighted by molar-refractivity contribution is 7.89. The van der Waals surface area contributed by atoms with Crippen LogP contribution in [0.2, 0.25) is 0 Å². The summed E-state index contributed by atoms with van der Waals surface area (Å²) >= 11 is 0. The first-order chi connectivity index (χ1) is 12.7. The van der Waals surface area contributed by atoms with Crippen molar-refractivity contribution < 1.29 is 32.3 Å². The predicted octanol–water partition coefficient (Wildman–Crippen LogP) is 1.16. The van der Waals surface area contributed by atoms with E-state index in [9.17, 15) is 22.8 Å². The van der Waals surface area contributed by atoms with Crippen LogP contribution in [0.4, 0.5) is 4.79 Å². The van der Waals surface area contributed by atoms with Crippen molar-refractivity contribution in [3.8, 4) is 0 Å². The third-order valence-corrected chi connectivity index (χ3v) is 6.21. The molecule has 1 aliphatic heterocycles. The van der Waals surface area contributed by atoms with Crippen LogP contribution in [0.5, 0.6) is 0 Å². The normalized spacial score (nSPS) is 14.4. The number of rotatable bonds is 7. The molecule has 1 heterocycles. The van der Waals surface area contributed by atoms with E-state index in [1.807, 2.05) is 0 Å². The van der Waals surface area contributed by atoms with Gasteiger partial charge in [-0.25, -0.2) is 22.9 Å². The van der Waals surface area contributed by atoms with Gasteiger partial charge in [-0.05, 0) is 24.6 Å². The van der Waals surface area contributed by atoms with Crippen LogP contribution in [-0.2, 0) is 24.3 Å². The van der Waals surface area contributed by atoms with Crippen LogP contribution in [-0.4, -0.2) is 68.4 Å². The van der Waals surface area contributed by atoms with Gasteiger partial charge in [0, 0.05) is 13.1 Å². The van der Waals surface area contributed by atoms with Crippen molar-refractivity contribution in [1.82, 2.24) is 9.21 Å². The van der Waals surface area contributed by atoms with E-state index >= 15 is 0 Å². The Morgan fingerprint density at radius 2 is 1.93 bits per heavy atom. The topological polar surface area (TPSA) is 110 Å². The average molecular weight is 398 g/mol. The summed E-state index contributed by atoms with van der Waals surface area (Å²) in [5.74, 6) is -1.54. The quantitative estimate of drug-likeness (QED) is 0.634. The van der Waals surface area contributed by atoms with E-state index in [0.717, 1.165) is 4.90 Å². The minimum absolute atomic E-state index is 0.0294. The molecule has 27 heavy (non-hydrogen) atoms. The molecule has 1 aliphatic rings. The fourth-order valence-electron chi connectivity index (χ4n) is 2.60. The molecule has 2 rings (SSSR count). The van der Waals surface area contributed by atoms with Crippen LogP contribution < -0.4 is 0 Å². The molecule has 1 aromatic rings. The van der Waals surface area contributed by atoms with Gasteiger partial charge < -0.3 is 9.47 Å². The number of esters is 1. The summed E-state index contributed by atoms with van der Waals surface area (Å²) in [5.41, 5.74) is 0.548. The molecule has 0 aromatic heterocycles. The van der Waals surface area contributed by atoms with E-state index in [-0.39, 0.29) is 23.6 Å². The fraction of sp³-hybridized carbons (Fsp3) is 0.471. The van der Waals surface area contributed by atoms with Crippen molar-refractivity contribution in [1.29, 1.82) is 0 Å². The molecule has 1 saturated heterocycles. The number of nitrogens with zero attached hydrogens (tertiary/aromatic N) is 2. The van der Waals surface area contributed by atoms with Gasteiger partial charge in [0.25, 0.3) is 5.91 Å². The maximum absolute atomic E-state index is 12.6. The molecule has 0 radical (unpaired) electrons. The molecule has 0 atom stereocenters. The zero-order valence-corrected chi connectivity index (χ0v) is 16.2. The SMILES string of the molecule is CCN(CC)S(=O)(=O)c1ccc(C)c(C(=O)OCC(=O)N2CCOC2=O)c1. The summed E-state index contributed by atoms with van der Waals surface area (Å²) in [5, 5.41) is 0. The van der Waals surface area contributed by atoms with E-state index in [4.69, 9.17) is 4.74 Å². The third-order valence-electron chi connectivity index (χ3n) is 4.16. The highest BCUT2D eigenvalue weighted by atomic mass is 32.2. The van der Waals surface area contributed by atoms with Crippen LogP contribution in [0.15, 0.2) is 23.1 Å². The number of carbonyl (C=O) groups is 3. The molecule has 9 nitrogen and oxygen atoms in total. The lowest BCUT2D eigenvalue weighted by molar-refractivity contribution is -0.131. The van der Waals surface area contributed by atoms with Gasteiger partial charge in [-0.2, -0.15) is 4.31 Å². The Hall–Kier alpha value is -2.46. The number of hydrogen-bond donors (Lipinski definition) is 0. The first-order valence-electron chi connectivity index (χ1n) is 8.47. The van der Waals surface area contributed by atoms with Crippen LogP contribution in [0.25, 0.3) is 0 Å².